The summed E-state index contributed by atoms with van der Waals surface area (Å²) in [6.07, 6.45) is 0. The summed E-state index contributed by atoms with van der Waals surface area (Å²) in [6, 6.07) is 8.73. The molecule has 1 aliphatic rings. The van der Waals surface area contributed by atoms with Crippen molar-refractivity contribution >= 4 is 17.6 Å². The lowest BCUT2D eigenvalue weighted by Crippen LogP contribution is -2.33. The van der Waals surface area contributed by atoms with Crippen molar-refractivity contribution in [2.24, 2.45) is 10.2 Å². The number of azo groups is 1. The number of nitrogens with zero attached hydrogens (tertiary/aromatic N) is 2. The number of nitrogens with one attached hydrogen (secondary N) is 2. The second kappa shape index (κ2) is 6.53. The molecule has 1 aliphatic heterocycles. The van der Waals surface area contributed by atoms with E-state index in [0.29, 0.717) is 11.1 Å². The lowest BCUT2D eigenvalue weighted by atomic mass is 9.99. The van der Waals surface area contributed by atoms with Crippen LogP contribution in [0.4, 0.5) is 19.3 Å². The minimum absolute atomic E-state index is 0.0235. The molecular weight excluding hydrogens is 318 g/mol. The molecule has 6 nitrogen and oxygen atoms in total. The van der Waals surface area contributed by atoms with E-state index in [1.54, 1.807) is 24.3 Å². The predicted molar refractivity (Wildman–Crippen MR) is 81.7 cm³/mol. The van der Waals surface area contributed by atoms with E-state index in [0.717, 1.165) is 12.1 Å². The number of urea groups is 1. The highest BCUT2D eigenvalue weighted by atomic mass is 19.1. The topological polar surface area (TPSA) is 82.9 Å². The van der Waals surface area contributed by atoms with Crippen LogP contribution in [0.15, 0.2) is 52.7 Å². The third-order valence-corrected chi connectivity index (χ3v) is 3.50. The van der Waals surface area contributed by atoms with Gasteiger partial charge in [0.1, 0.15) is 23.4 Å². The summed E-state index contributed by atoms with van der Waals surface area (Å²) in [5, 5.41) is 12.0. The third kappa shape index (κ3) is 3.12. The molecule has 122 valence electrons. The first-order chi connectivity index (χ1) is 11.6. The molecule has 1 unspecified atom stereocenters. The molecule has 0 saturated heterocycles. The Morgan fingerprint density at radius 1 is 1.08 bits per heavy atom. The summed E-state index contributed by atoms with van der Waals surface area (Å²) in [6.45, 7) is 0.0235. The Balaban J connectivity index is 1.67. The van der Waals surface area contributed by atoms with Crippen LogP contribution in [0.1, 0.15) is 22.0 Å². The predicted octanol–water partition coefficient (Wildman–Crippen LogP) is 3.43. The summed E-state index contributed by atoms with van der Waals surface area (Å²) in [4.78, 5) is 23.5. The van der Waals surface area contributed by atoms with E-state index in [1.807, 2.05) is 0 Å². The molecule has 0 fully saturated rings. The van der Waals surface area contributed by atoms with Gasteiger partial charge in [-0.15, -0.1) is 5.11 Å². The smallest absolute Gasteiger partial charge is 0.319 e. The molecule has 24 heavy (non-hydrogen) atoms. The molecule has 3 rings (SSSR count). The first-order valence-electron chi connectivity index (χ1n) is 7.09. The van der Waals surface area contributed by atoms with Gasteiger partial charge in [-0.05, 0) is 23.8 Å². The van der Waals surface area contributed by atoms with Gasteiger partial charge in [-0.1, -0.05) is 24.3 Å². The maximum Gasteiger partial charge on any atom is 0.319 e. The van der Waals surface area contributed by atoms with E-state index in [9.17, 15) is 18.4 Å². The van der Waals surface area contributed by atoms with E-state index in [1.165, 1.54) is 6.07 Å². The fraction of sp³-hybridized carbons (Fsp3) is 0.125. The van der Waals surface area contributed by atoms with Crippen molar-refractivity contribution in [1.29, 1.82) is 0 Å². The number of amides is 3. The lowest BCUT2D eigenvalue weighted by molar-refractivity contribution is 0.0985. The molecule has 2 aromatic rings. The molecule has 0 bridgehead atoms. The number of benzene rings is 2. The number of anilines is 1. The monoisotopic (exact) mass is 330 g/mol. The van der Waals surface area contributed by atoms with Gasteiger partial charge in [-0.3, -0.25) is 4.79 Å². The average molecular weight is 330 g/mol. The first kappa shape index (κ1) is 15.7. The Morgan fingerprint density at radius 3 is 2.54 bits per heavy atom. The number of carbonyl (C=O) groups is 2. The maximum absolute atomic E-state index is 13.5. The largest absolute Gasteiger partial charge is 0.335 e. The number of carbonyl (C=O) groups excluding carboxylic acids is 2. The van der Waals surface area contributed by atoms with E-state index < -0.39 is 35.3 Å². The fourth-order valence-electron chi connectivity index (χ4n) is 2.34. The minimum atomic E-state index is -0.876. The summed E-state index contributed by atoms with van der Waals surface area (Å²) in [5.41, 5.74) is 0.519. The number of hydrogen-bond donors (Lipinski definition) is 2. The molecule has 0 spiro atoms. The van der Waals surface area contributed by atoms with Crippen molar-refractivity contribution in [3.8, 4) is 0 Å². The SMILES string of the molecule is O=C(NCC1N=NC(=O)c2ccccc21)Nc1c(F)cccc1F. The van der Waals surface area contributed by atoms with Gasteiger partial charge in [0.15, 0.2) is 0 Å². The van der Waals surface area contributed by atoms with Gasteiger partial charge < -0.3 is 10.6 Å². The van der Waals surface area contributed by atoms with Crippen LogP contribution in [-0.4, -0.2) is 18.5 Å². The minimum Gasteiger partial charge on any atom is -0.335 e. The van der Waals surface area contributed by atoms with E-state index in [4.69, 9.17) is 0 Å². The second-order valence-electron chi connectivity index (χ2n) is 5.06. The van der Waals surface area contributed by atoms with Crippen LogP contribution in [0, 0.1) is 11.6 Å². The van der Waals surface area contributed by atoms with Crippen molar-refractivity contribution in [1.82, 2.24) is 5.32 Å². The van der Waals surface area contributed by atoms with Gasteiger partial charge in [-0.2, -0.15) is 5.11 Å². The van der Waals surface area contributed by atoms with Gasteiger partial charge in [0, 0.05) is 12.1 Å². The van der Waals surface area contributed by atoms with Crippen LogP contribution in [0.5, 0.6) is 0 Å². The average Bonchev–Trinajstić information content (AvgIpc) is 2.58. The molecule has 0 aromatic heterocycles. The van der Waals surface area contributed by atoms with Crippen LogP contribution in [0.25, 0.3) is 0 Å². The molecular formula is C16H12F2N4O2. The summed E-state index contributed by atoms with van der Waals surface area (Å²) in [5.74, 6) is -2.20. The highest BCUT2D eigenvalue weighted by molar-refractivity contribution is 5.97. The van der Waals surface area contributed by atoms with Crippen molar-refractivity contribution in [3.05, 3.63) is 65.2 Å². The Morgan fingerprint density at radius 2 is 1.79 bits per heavy atom. The third-order valence-electron chi connectivity index (χ3n) is 3.50. The Bertz CT molecular complexity index is 818. The molecule has 3 amide bonds. The number of fused-ring (bicyclic) bond motifs is 1. The maximum atomic E-state index is 13.5. The highest BCUT2D eigenvalue weighted by Crippen LogP contribution is 2.26. The normalized spacial score (nSPS) is 15.8. The van der Waals surface area contributed by atoms with Gasteiger partial charge in [0.2, 0.25) is 0 Å². The molecule has 0 aliphatic carbocycles. The van der Waals surface area contributed by atoms with Gasteiger partial charge >= 0.3 is 6.03 Å². The standard InChI is InChI=1S/C16H12F2N4O2/c17-11-6-3-7-12(18)14(11)20-16(24)19-8-13-9-4-1-2-5-10(9)15(23)22-21-13/h1-7,13H,8H2,(H2,19,20,24). The second-order valence-corrected chi connectivity index (χ2v) is 5.06. The van der Waals surface area contributed by atoms with Crippen molar-refractivity contribution in [3.63, 3.8) is 0 Å². The number of halogens is 2. The zero-order valence-corrected chi connectivity index (χ0v) is 12.3. The number of para-hydroxylation sites is 1. The molecule has 2 aromatic carbocycles. The van der Waals surface area contributed by atoms with E-state index in [2.05, 4.69) is 20.9 Å². The van der Waals surface area contributed by atoms with Crippen molar-refractivity contribution < 1.29 is 18.4 Å². The van der Waals surface area contributed by atoms with Crippen LogP contribution < -0.4 is 10.6 Å². The molecule has 8 heteroatoms. The quantitative estimate of drug-likeness (QED) is 0.904. The molecule has 1 atom stereocenters. The molecule has 1 heterocycles. The van der Waals surface area contributed by atoms with Crippen molar-refractivity contribution in [2.45, 2.75) is 6.04 Å². The lowest BCUT2D eigenvalue weighted by Gasteiger charge is -2.18. The Kier molecular flexibility index (Phi) is 4.28. The fourth-order valence-corrected chi connectivity index (χ4v) is 2.34. The molecule has 0 radical (unpaired) electrons. The Labute approximate surface area is 135 Å². The van der Waals surface area contributed by atoms with Gasteiger partial charge in [0.25, 0.3) is 5.91 Å². The number of hydrogen-bond acceptors (Lipinski definition) is 3. The Hall–Kier alpha value is -3.16. The number of rotatable bonds is 3. The highest BCUT2D eigenvalue weighted by Gasteiger charge is 2.24. The summed E-state index contributed by atoms with van der Waals surface area (Å²) < 4.78 is 27.0. The first-order valence-corrected chi connectivity index (χ1v) is 7.09. The zero-order chi connectivity index (χ0) is 17.1. The summed E-state index contributed by atoms with van der Waals surface area (Å²) >= 11 is 0. The molecule has 0 saturated carbocycles. The summed E-state index contributed by atoms with van der Waals surface area (Å²) in [7, 11) is 0. The van der Waals surface area contributed by atoms with E-state index in [-0.39, 0.29) is 6.54 Å². The van der Waals surface area contributed by atoms with Crippen molar-refractivity contribution in [2.75, 3.05) is 11.9 Å². The molecule has 2 N–H and O–H groups in total. The van der Waals surface area contributed by atoms with Crippen LogP contribution in [0.2, 0.25) is 0 Å². The van der Waals surface area contributed by atoms with Crippen LogP contribution in [-0.2, 0) is 0 Å². The van der Waals surface area contributed by atoms with Gasteiger partial charge in [-0.25, -0.2) is 13.6 Å². The zero-order valence-electron chi connectivity index (χ0n) is 12.3. The van der Waals surface area contributed by atoms with E-state index >= 15 is 0 Å². The van der Waals surface area contributed by atoms with Crippen LogP contribution in [0.3, 0.4) is 0 Å². The van der Waals surface area contributed by atoms with Gasteiger partial charge in [0.05, 0.1) is 0 Å². The van der Waals surface area contributed by atoms with Crippen LogP contribution >= 0.6 is 0 Å².